The number of hydrogen-bond donors (Lipinski definition) is 1. The van der Waals surface area contributed by atoms with Crippen LogP contribution in [0.1, 0.15) is 28.4 Å². The van der Waals surface area contributed by atoms with E-state index in [1.54, 1.807) is 21.1 Å². The summed E-state index contributed by atoms with van der Waals surface area (Å²) in [7, 11) is 3.22. The number of benzene rings is 3. The fourth-order valence-electron chi connectivity index (χ4n) is 5.69. The molecule has 9 nitrogen and oxygen atoms in total. The van der Waals surface area contributed by atoms with Crippen LogP contribution >= 0.6 is 0 Å². The highest BCUT2D eigenvalue weighted by molar-refractivity contribution is 5.50. The lowest BCUT2D eigenvalue weighted by atomic mass is 10.1. The molecular formula is C33H37F2N5O4. The number of rotatable bonds is 10. The lowest BCUT2D eigenvalue weighted by Crippen LogP contribution is -2.51. The Bertz CT molecular complexity index is 1690. The van der Waals surface area contributed by atoms with Crippen molar-refractivity contribution in [2.75, 3.05) is 45.3 Å². The van der Waals surface area contributed by atoms with Crippen LogP contribution in [0.25, 0.3) is 0 Å². The molecule has 4 aromatic rings. The van der Waals surface area contributed by atoms with E-state index in [4.69, 9.17) is 15.2 Å². The number of nitrogens with two attached hydrogens (primary N) is 1. The maximum Gasteiger partial charge on any atom is 0.331 e. The smallest absolute Gasteiger partial charge is 0.331 e. The average molecular weight is 606 g/mol. The van der Waals surface area contributed by atoms with Crippen LogP contribution in [0.3, 0.4) is 0 Å². The second kappa shape index (κ2) is 13.4. The maximum absolute atomic E-state index is 14.7. The Morgan fingerprint density at radius 3 is 2.02 bits per heavy atom. The fraction of sp³-hybridized carbons (Fsp3) is 0.333. The molecule has 0 bridgehead atoms. The van der Waals surface area contributed by atoms with Crippen molar-refractivity contribution in [2.45, 2.75) is 32.6 Å². The van der Waals surface area contributed by atoms with Crippen LogP contribution in [0.2, 0.25) is 0 Å². The summed E-state index contributed by atoms with van der Waals surface area (Å²) in [6.45, 7) is 4.14. The molecule has 0 radical (unpaired) electrons. The first-order valence-corrected chi connectivity index (χ1v) is 14.5. The molecule has 0 saturated carbocycles. The normalized spacial score (nSPS) is 14.5. The van der Waals surface area contributed by atoms with Crippen LogP contribution < -0.4 is 31.4 Å². The number of aromatic nitrogens is 2. The quantitative estimate of drug-likeness (QED) is 0.295. The van der Waals surface area contributed by atoms with Crippen molar-refractivity contribution in [1.29, 1.82) is 0 Å². The van der Waals surface area contributed by atoms with Crippen molar-refractivity contribution in [1.82, 2.24) is 14.0 Å². The van der Waals surface area contributed by atoms with E-state index in [9.17, 15) is 18.4 Å². The summed E-state index contributed by atoms with van der Waals surface area (Å²) in [6, 6.07) is 17.9. The van der Waals surface area contributed by atoms with Gasteiger partial charge in [-0.05, 0) is 42.3 Å². The number of ether oxygens (including phenoxy) is 2. The van der Waals surface area contributed by atoms with Gasteiger partial charge in [0, 0.05) is 56.1 Å². The van der Waals surface area contributed by atoms with E-state index in [-0.39, 0.29) is 18.7 Å². The Balaban J connectivity index is 1.47. The molecule has 2 N–H and O–H groups in total. The zero-order valence-corrected chi connectivity index (χ0v) is 25.1. The van der Waals surface area contributed by atoms with Crippen LogP contribution in [0.4, 0.5) is 14.5 Å². The molecule has 1 fully saturated rings. The van der Waals surface area contributed by atoms with E-state index in [0.717, 1.165) is 27.8 Å². The molecule has 44 heavy (non-hydrogen) atoms. The highest BCUT2D eigenvalue weighted by atomic mass is 19.1. The number of nitrogens with zero attached hydrogens (tertiary/aromatic N) is 4. The molecule has 0 spiro atoms. The predicted molar refractivity (Wildman–Crippen MR) is 166 cm³/mol. The van der Waals surface area contributed by atoms with E-state index in [2.05, 4.69) is 4.90 Å². The second-order valence-corrected chi connectivity index (χ2v) is 10.9. The maximum atomic E-state index is 14.7. The predicted octanol–water partition coefficient (Wildman–Crippen LogP) is 3.68. The molecule has 1 aliphatic rings. The van der Waals surface area contributed by atoms with Gasteiger partial charge in [0.25, 0.3) is 5.56 Å². The average Bonchev–Trinajstić information content (AvgIpc) is 3.03. The van der Waals surface area contributed by atoms with E-state index in [1.807, 2.05) is 53.4 Å². The molecular weight excluding hydrogens is 568 g/mol. The van der Waals surface area contributed by atoms with Gasteiger partial charge in [-0.25, -0.2) is 13.6 Å². The second-order valence-electron chi connectivity index (χ2n) is 10.9. The minimum absolute atomic E-state index is 0.0909. The van der Waals surface area contributed by atoms with Crippen molar-refractivity contribution in [2.24, 2.45) is 5.73 Å². The molecule has 2 heterocycles. The molecule has 232 valence electrons. The van der Waals surface area contributed by atoms with Gasteiger partial charge >= 0.3 is 5.69 Å². The summed E-state index contributed by atoms with van der Waals surface area (Å²) in [6.07, 6.45) is 0. The van der Waals surface area contributed by atoms with Crippen molar-refractivity contribution in [3.05, 3.63) is 122 Å². The van der Waals surface area contributed by atoms with Crippen molar-refractivity contribution >= 4 is 5.69 Å². The van der Waals surface area contributed by atoms with Crippen LogP contribution in [-0.4, -0.2) is 54.4 Å². The number of halogens is 2. The zero-order valence-electron chi connectivity index (χ0n) is 25.1. The van der Waals surface area contributed by atoms with Crippen LogP contribution in [0, 0.1) is 18.6 Å². The van der Waals surface area contributed by atoms with Crippen molar-refractivity contribution in [3.63, 3.8) is 0 Å². The lowest BCUT2D eigenvalue weighted by Gasteiger charge is -2.37. The molecule has 1 aliphatic heterocycles. The van der Waals surface area contributed by atoms with Gasteiger partial charge in [0.1, 0.15) is 28.8 Å². The molecule has 11 heteroatoms. The summed E-state index contributed by atoms with van der Waals surface area (Å²) in [5, 5.41) is 0. The van der Waals surface area contributed by atoms with Crippen molar-refractivity contribution in [3.8, 4) is 11.5 Å². The Kier molecular flexibility index (Phi) is 9.46. The summed E-state index contributed by atoms with van der Waals surface area (Å²) in [5.41, 5.74) is 7.51. The first-order chi connectivity index (χ1) is 21.2. The van der Waals surface area contributed by atoms with Gasteiger partial charge in [-0.1, -0.05) is 36.4 Å². The summed E-state index contributed by atoms with van der Waals surface area (Å²) >= 11 is 0. The standard InChI is InChI=1S/C33H37F2N5O4/c1-22-31(38-14-12-37(13-15-38)19-23-16-25(43-2)18-26(17-23)44-3)32(41)40(21-30(36)24-8-5-4-6-9-24)33(42)39(22)20-27-28(34)10-7-11-29(27)35/h4-11,16-18,30H,12-15,19-21,36H2,1-3H3/t30-/m1/s1. The Morgan fingerprint density at radius 2 is 1.43 bits per heavy atom. The highest BCUT2D eigenvalue weighted by Gasteiger charge is 2.27. The van der Waals surface area contributed by atoms with Crippen LogP contribution in [0.5, 0.6) is 11.5 Å². The third-order valence-electron chi connectivity index (χ3n) is 8.15. The SMILES string of the molecule is COc1cc(CN2CCN(c3c(C)n(Cc4c(F)cccc4F)c(=O)n(C[C@@H](N)c4ccccc4)c3=O)CC2)cc(OC)c1. The number of methoxy groups -OCH3 is 2. The molecule has 0 aliphatic carbocycles. The van der Waals surface area contributed by atoms with E-state index >= 15 is 0 Å². The third-order valence-corrected chi connectivity index (χ3v) is 8.15. The monoisotopic (exact) mass is 605 g/mol. The van der Waals surface area contributed by atoms with E-state index in [0.29, 0.717) is 55.6 Å². The van der Waals surface area contributed by atoms with Crippen LogP contribution in [-0.2, 0) is 19.6 Å². The van der Waals surface area contributed by atoms with Gasteiger partial charge < -0.3 is 20.1 Å². The molecule has 5 rings (SSSR count). The first kappa shape index (κ1) is 31.0. The highest BCUT2D eigenvalue weighted by Crippen LogP contribution is 2.25. The molecule has 1 atom stereocenters. The molecule has 1 saturated heterocycles. The first-order valence-electron chi connectivity index (χ1n) is 14.5. The minimum Gasteiger partial charge on any atom is -0.497 e. The summed E-state index contributed by atoms with van der Waals surface area (Å²) in [5.74, 6) is -0.119. The zero-order chi connectivity index (χ0) is 31.4. The van der Waals surface area contributed by atoms with Gasteiger partial charge in [0.05, 0.1) is 27.3 Å². The number of hydrogen-bond acceptors (Lipinski definition) is 7. The fourth-order valence-corrected chi connectivity index (χ4v) is 5.69. The van der Waals surface area contributed by atoms with E-state index in [1.165, 1.54) is 10.6 Å². The molecule has 3 aromatic carbocycles. The minimum atomic E-state index is -0.764. The third kappa shape index (κ3) is 6.53. The van der Waals surface area contributed by atoms with Gasteiger partial charge in [-0.3, -0.25) is 18.8 Å². The summed E-state index contributed by atoms with van der Waals surface area (Å²) in [4.78, 5) is 32.0. The molecule has 0 unspecified atom stereocenters. The van der Waals surface area contributed by atoms with Gasteiger partial charge in [-0.15, -0.1) is 0 Å². The van der Waals surface area contributed by atoms with Gasteiger partial charge in [0.2, 0.25) is 0 Å². The van der Waals surface area contributed by atoms with Gasteiger partial charge in [0.15, 0.2) is 0 Å². The largest absolute Gasteiger partial charge is 0.497 e. The van der Waals surface area contributed by atoms with E-state index < -0.39 is 28.9 Å². The lowest BCUT2D eigenvalue weighted by molar-refractivity contribution is 0.248. The summed E-state index contributed by atoms with van der Waals surface area (Å²) < 4.78 is 42.6. The Labute approximate surface area is 254 Å². The van der Waals surface area contributed by atoms with Crippen molar-refractivity contribution < 1.29 is 18.3 Å². The Hall–Kier alpha value is -4.48. The van der Waals surface area contributed by atoms with Crippen LogP contribution in [0.15, 0.2) is 76.3 Å². The Morgan fingerprint density at radius 1 is 0.818 bits per heavy atom. The number of anilines is 1. The molecule has 0 amide bonds. The van der Waals surface area contributed by atoms with Gasteiger partial charge in [-0.2, -0.15) is 0 Å². The molecule has 1 aromatic heterocycles. The topological polar surface area (TPSA) is 95.0 Å². The number of piperazine rings is 1.